The fourth-order valence-electron chi connectivity index (χ4n) is 3.84. The number of benzene rings is 2. The van der Waals surface area contributed by atoms with Crippen molar-refractivity contribution in [3.8, 4) is 22.4 Å². The van der Waals surface area contributed by atoms with Gasteiger partial charge < -0.3 is 0 Å². The van der Waals surface area contributed by atoms with Gasteiger partial charge in [0.2, 0.25) is 5.69 Å². The summed E-state index contributed by atoms with van der Waals surface area (Å²) in [6.07, 6.45) is 0. The second-order valence-corrected chi connectivity index (χ2v) is 7.91. The fraction of sp³-hybridized carbons (Fsp3) is 0.231. The number of nitrogens with zero attached hydrogens (tertiary/aromatic N) is 2. The highest BCUT2D eigenvalue weighted by molar-refractivity contribution is 5.92. The van der Waals surface area contributed by atoms with E-state index in [1.807, 2.05) is 0 Å². The van der Waals surface area contributed by atoms with Crippen LogP contribution in [0.5, 0.6) is 0 Å². The van der Waals surface area contributed by atoms with Crippen LogP contribution in [-0.2, 0) is 7.05 Å². The molecule has 0 N–H and O–H groups in total. The summed E-state index contributed by atoms with van der Waals surface area (Å²) < 4.78 is 2.28. The summed E-state index contributed by atoms with van der Waals surface area (Å²) >= 11 is 0. The Hall–Kier alpha value is -3.00. The molecule has 0 aliphatic heterocycles. The number of aromatic nitrogens is 2. The minimum atomic E-state index is 0.425. The Kier molecular flexibility index (Phi) is 4.72. The molecule has 0 spiro atoms. The third kappa shape index (κ3) is 3.20. The van der Waals surface area contributed by atoms with E-state index in [0.29, 0.717) is 5.92 Å². The molecule has 0 amide bonds. The molecule has 2 heteroatoms. The van der Waals surface area contributed by atoms with E-state index in [2.05, 4.69) is 106 Å². The molecule has 0 bridgehead atoms. The molecule has 2 aromatic carbocycles. The van der Waals surface area contributed by atoms with Crippen molar-refractivity contribution in [2.45, 2.75) is 33.6 Å². The number of fused-ring (bicyclic) bond motifs is 1. The highest BCUT2D eigenvalue weighted by Gasteiger charge is 2.21. The predicted octanol–water partition coefficient (Wildman–Crippen LogP) is 6.13. The topological polar surface area (TPSA) is 16.8 Å². The lowest BCUT2D eigenvalue weighted by Gasteiger charge is -2.12. The maximum Gasteiger partial charge on any atom is 0.222 e. The van der Waals surface area contributed by atoms with Gasteiger partial charge in [-0.2, -0.15) is 4.57 Å². The van der Waals surface area contributed by atoms with Crippen LogP contribution < -0.4 is 4.57 Å². The summed E-state index contributed by atoms with van der Waals surface area (Å²) in [6.45, 7) is 8.74. The van der Waals surface area contributed by atoms with Gasteiger partial charge in [-0.05, 0) is 47.7 Å². The second kappa shape index (κ2) is 7.20. The number of hydrogen-bond acceptors (Lipinski definition) is 1. The van der Waals surface area contributed by atoms with E-state index in [1.165, 1.54) is 39.0 Å². The first-order chi connectivity index (χ1) is 13.5. The summed E-state index contributed by atoms with van der Waals surface area (Å²) in [5.41, 5.74) is 9.69. The van der Waals surface area contributed by atoms with Crippen molar-refractivity contribution in [2.75, 3.05) is 0 Å². The van der Waals surface area contributed by atoms with Crippen LogP contribution >= 0.6 is 0 Å². The summed E-state index contributed by atoms with van der Waals surface area (Å²) in [5.74, 6) is 0.425. The molecule has 0 fully saturated rings. The summed E-state index contributed by atoms with van der Waals surface area (Å²) in [5, 5.41) is 1.20. The van der Waals surface area contributed by atoms with E-state index in [1.54, 1.807) is 0 Å². The summed E-state index contributed by atoms with van der Waals surface area (Å²) in [6, 6.07) is 23.9. The minimum Gasteiger partial charge on any atom is -0.252 e. The molecule has 0 saturated carbocycles. The number of pyridine rings is 2. The van der Waals surface area contributed by atoms with Crippen LogP contribution in [0.4, 0.5) is 0 Å². The van der Waals surface area contributed by atoms with Gasteiger partial charge >= 0.3 is 0 Å². The van der Waals surface area contributed by atoms with Crippen LogP contribution in [0.25, 0.3) is 33.3 Å². The quantitative estimate of drug-likeness (QED) is 0.398. The number of aryl methyl sites for hydroxylation is 2. The Bertz CT molecular complexity index is 1160. The van der Waals surface area contributed by atoms with E-state index in [9.17, 15) is 0 Å². The molecule has 2 aromatic heterocycles. The standard InChI is InChI=1S/C26H27N2/c1-17(2)24-14-13-23-25(27-24)16-19(4)28(5)26(23)22-12-11-21(15-18(22)3)20-9-7-6-8-10-20/h6-17H,1-5H3/q+1. The van der Waals surface area contributed by atoms with E-state index in [-0.39, 0.29) is 0 Å². The normalized spacial score (nSPS) is 11.4. The predicted molar refractivity (Wildman–Crippen MR) is 117 cm³/mol. The van der Waals surface area contributed by atoms with Gasteiger partial charge in [0.05, 0.1) is 10.9 Å². The molecule has 0 radical (unpaired) electrons. The molecule has 2 heterocycles. The molecule has 4 rings (SSSR count). The SMILES string of the molecule is Cc1cc(-c2ccccc2)ccc1-c1c2ccc(C(C)C)nc2cc(C)[n+]1C. The van der Waals surface area contributed by atoms with Crippen LogP contribution in [0.15, 0.2) is 66.7 Å². The molecular formula is C26H27N2+. The molecule has 0 saturated heterocycles. The van der Waals surface area contributed by atoms with Gasteiger partial charge in [-0.3, -0.25) is 4.98 Å². The van der Waals surface area contributed by atoms with E-state index in [0.717, 1.165) is 11.2 Å². The maximum absolute atomic E-state index is 4.94. The zero-order valence-corrected chi connectivity index (χ0v) is 17.3. The van der Waals surface area contributed by atoms with E-state index in [4.69, 9.17) is 4.98 Å². The van der Waals surface area contributed by atoms with Crippen molar-refractivity contribution in [2.24, 2.45) is 7.05 Å². The maximum atomic E-state index is 4.94. The van der Waals surface area contributed by atoms with Crippen LogP contribution in [0.1, 0.15) is 36.7 Å². The third-order valence-electron chi connectivity index (χ3n) is 5.59. The van der Waals surface area contributed by atoms with Crippen molar-refractivity contribution in [1.29, 1.82) is 0 Å². The van der Waals surface area contributed by atoms with E-state index >= 15 is 0 Å². The largest absolute Gasteiger partial charge is 0.252 e. The van der Waals surface area contributed by atoms with Crippen LogP contribution in [-0.4, -0.2) is 4.98 Å². The first kappa shape index (κ1) is 18.4. The van der Waals surface area contributed by atoms with Crippen LogP contribution in [0.2, 0.25) is 0 Å². The molecular weight excluding hydrogens is 340 g/mol. The Morgan fingerprint density at radius 1 is 0.821 bits per heavy atom. The highest BCUT2D eigenvalue weighted by Crippen LogP contribution is 2.31. The van der Waals surface area contributed by atoms with Gasteiger partial charge in [0, 0.05) is 24.2 Å². The third-order valence-corrected chi connectivity index (χ3v) is 5.59. The van der Waals surface area contributed by atoms with Crippen LogP contribution in [0, 0.1) is 13.8 Å². The van der Waals surface area contributed by atoms with Gasteiger partial charge in [-0.1, -0.05) is 56.3 Å². The fourth-order valence-corrected chi connectivity index (χ4v) is 3.84. The Labute approximate surface area is 167 Å². The monoisotopic (exact) mass is 367 g/mol. The lowest BCUT2D eigenvalue weighted by atomic mass is 9.95. The van der Waals surface area contributed by atoms with Crippen molar-refractivity contribution in [3.63, 3.8) is 0 Å². The average Bonchev–Trinajstić information content (AvgIpc) is 2.70. The molecule has 2 nitrogen and oxygen atoms in total. The molecule has 0 atom stereocenters. The van der Waals surface area contributed by atoms with Crippen molar-refractivity contribution < 1.29 is 4.57 Å². The lowest BCUT2D eigenvalue weighted by molar-refractivity contribution is -0.665. The zero-order chi connectivity index (χ0) is 19.8. The first-order valence-electron chi connectivity index (χ1n) is 9.92. The van der Waals surface area contributed by atoms with Crippen molar-refractivity contribution in [3.05, 3.63) is 83.7 Å². The Balaban J connectivity index is 1.92. The lowest BCUT2D eigenvalue weighted by Crippen LogP contribution is -2.35. The zero-order valence-electron chi connectivity index (χ0n) is 17.3. The van der Waals surface area contributed by atoms with Gasteiger partial charge in [0.15, 0.2) is 5.69 Å². The molecule has 0 aliphatic rings. The van der Waals surface area contributed by atoms with E-state index < -0.39 is 0 Å². The summed E-state index contributed by atoms with van der Waals surface area (Å²) in [4.78, 5) is 4.94. The van der Waals surface area contributed by atoms with Gasteiger partial charge in [0.1, 0.15) is 7.05 Å². The molecule has 4 aromatic rings. The molecule has 28 heavy (non-hydrogen) atoms. The first-order valence-corrected chi connectivity index (χ1v) is 9.92. The minimum absolute atomic E-state index is 0.425. The molecule has 140 valence electrons. The van der Waals surface area contributed by atoms with Gasteiger partial charge in [0.25, 0.3) is 0 Å². The van der Waals surface area contributed by atoms with Crippen molar-refractivity contribution in [1.82, 2.24) is 4.98 Å². The second-order valence-electron chi connectivity index (χ2n) is 7.91. The smallest absolute Gasteiger partial charge is 0.222 e. The Morgan fingerprint density at radius 3 is 2.25 bits per heavy atom. The number of hydrogen-bond donors (Lipinski definition) is 0. The highest BCUT2D eigenvalue weighted by atomic mass is 14.9. The molecule has 0 unspecified atom stereocenters. The summed E-state index contributed by atoms with van der Waals surface area (Å²) in [7, 11) is 2.14. The van der Waals surface area contributed by atoms with Crippen LogP contribution in [0.3, 0.4) is 0 Å². The van der Waals surface area contributed by atoms with Gasteiger partial charge in [-0.25, -0.2) is 0 Å². The molecule has 0 aliphatic carbocycles. The van der Waals surface area contributed by atoms with Gasteiger partial charge in [-0.15, -0.1) is 0 Å². The van der Waals surface area contributed by atoms with Crippen molar-refractivity contribution >= 4 is 10.9 Å². The number of rotatable bonds is 3. The average molecular weight is 368 g/mol. The Morgan fingerprint density at radius 2 is 1.57 bits per heavy atom.